The number of benzene rings is 2. The Bertz CT molecular complexity index is 766. The van der Waals surface area contributed by atoms with E-state index in [2.05, 4.69) is 0 Å². The highest BCUT2D eigenvalue weighted by molar-refractivity contribution is 8.00. The summed E-state index contributed by atoms with van der Waals surface area (Å²) in [6.45, 7) is 1.62. The fourth-order valence-electron chi connectivity index (χ4n) is 1.97. The Morgan fingerprint density at radius 1 is 1.28 bits per heavy atom. The summed E-state index contributed by atoms with van der Waals surface area (Å²) in [6.07, 6.45) is 0. The molecule has 0 radical (unpaired) electrons. The summed E-state index contributed by atoms with van der Waals surface area (Å²) in [5.74, 6) is -0.860. The maximum absolute atomic E-state index is 13.6. The van der Waals surface area contributed by atoms with Crippen LogP contribution in [-0.4, -0.2) is 23.3 Å². The molecule has 0 aliphatic carbocycles. The van der Waals surface area contributed by atoms with Gasteiger partial charge in [0.05, 0.1) is 12.0 Å². The van der Waals surface area contributed by atoms with E-state index < -0.39 is 22.0 Å². The quantitative estimate of drug-likeness (QED) is 0.320. The van der Waals surface area contributed by atoms with Gasteiger partial charge >= 0.3 is 5.97 Å². The lowest BCUT2D eigenvalue weighted by molar-refractivity contribution is -0.384. The summed E-state index contributed by atoms with van der Waals surface area (Å²) in [5, 5.41) is 10.1. The van der Waals surface area contributed by atoms with Crippen molar-refractivity contribution in [3.8, 4) is 5.75 Å². The number of esters is 1. The van der Waals surface area contributed by atoms with Gasteiger partial charge in [0, 0.05) is 17.0 Å². The minimum absolute atomic E-state index is 0.0129. The van der Waals surface area contributed by atoms with Crippen molar-refractivity contribution in [2.75, 3.05) is 7.11 Å². The van der Waals surface area contributed by atoms with E-state index in [1.54, 1.807) is 25.1 Å². The van der Waals surface area contributed by atoms with Crippen molar-refractivity contribution >= 4 is 23.4 Å². The topological polar surface area (TPSA) is 78.7 Å². The second-order valence-corrected chi connectivity index (χ2v) is 6.50. The van der Waals surface area contributed by atoms with Crippen LogP contribution in [-0.2, 0) is 16.1 Å². The molecular formula is C17H16FNO5S. The fraction of sp³-hybridized carbons (Fsp3) is 0.235. The third kappa shape index (κ3) is 5.18. The molecule has 0 aromatic heterocycles. The number of hydrogen-bond acceptors (Lipinski definition) is 6. The highest BCUT2D eigenvalue weighted by atomic mass is 32.2. The average Bonchev–Trinajstić information content (AvgIpc) is 2.60. The number of non-ortho nitro benzene ring substituents is 1. The molecule has 132 valence electrons. The Hall–Kier alpha value is -2.61. The van der Waals surface area contributed by atoms with Crippen LogP contribution >= 0.6 is 11.8 Å². The Morgan fingerprint density at radius 2 is 1.96 bits per heavy atom. The summed E-state index contributed by atoms with van der Waals surface area (Å²) in [6, 6.07) is 10.2. The molecule has 0 unspecified atom stereocenters. The Morgan fingerprint density at radius 3 is 2.52 bits per heavy atom. The van der Waals surface area contributed by atoms with E-state index in [1.165, 1.54) is 43.1 Å². The monoisotopic (exact) mass is 365 g/mol. The molecule has 6 nitrogen and oxygen atoms in total. The van der Waals surface area contributed by atoms with Crippen LogP contribution in [0.3, 0.4) is 0 Å². The van der Waals surface area contributed by atoms with Crippen LogP contribution in [0.15, 0.2) is 47.4 Å². The fourth-order valence-corrected chi connectivity index (χ4v) is 2.84. The number of rotatable bonds is 7. The molecule has 2 aromatic rings. The molecule has 0 aliphatic heterocycles. The second kappa shape index (κ2) is 8.48. The Labute approximate surface area is 148 Å². The standard InChI is InChI=1S/C17H16FNO5S/c1-11(25-14-6-4-13(5-7-14)19(21)22)17(20)24-10-12-3-8-16(23-2)15(18)9-12/h3-9,11H,10H2,1-2H3/t11-/m0/s1. The molecule has 0 saturated heterocycles. The predicted octanol–water partition coefficient (Wildman–Crippen LogP) is 3.97. The van der Waals surface area contributed by atoms with Crippen molar-refractivity contribution in [3.05, 3.63) is 64.0 Å². The van der Waals surface area contributed by atoms with Gasteiger partial charge in [-0.05, 0) is 36.8 Å². The van der Waals surface area contributed by atoms with Crippen molar-refractivity contribution in [2.45, 2.75) is 23.7 Å². The van der Waals surface area contributed by atoms with Gasteiger partial charge in [-0.15, -0.1) is 11.8 Å². The number of carbonyl (C=O) groups is 1. The van der Waals surface area contributed by atoms with Crippen LogP contribution in [0.1, 0.15) is 12.5 Å². The lowest BCUT2D eigenvalue weighted by atomic mass is 10.2. The van der Waals surface area contributed by atoms with E-state index in [-0.39, 0.29) is 18.0 Å². The molecule has 0 bridgehead atoms. The van der Waals surface area contributed by atoms with E-state index in [0.29, 0.717) is 10.5 Å². The van der Waals surface area contributed by atoms with Crippen molar-refractivity contribution in [1.82, 2.24) is 0 Å². The number of methoxy groups -OCH3 is 1. The molecule has 0 spiro atoms. The molecule has 2 aromatic carbocycles. The Balaban J connectivity index is 1.89. The van der Waals surface area contributed by atoms with E-state index in [4.69, 9.17) is 9.47 Å². The first-order valence-electron chi connectivity index (χ1n) is 7.31. The molecule has 25 heavy (non-hydrogen) atoms. The minimum Gasteiger partial charge on any atom is -0.494 e. The lowest BCUT2D eigenvalue weighted by Crippen LogP contribution is -2.16. The van der Waals surface area contributed by atoms with Crippen LogP contribution in [0.25, 0.3) is 0 Å². The van der Waals surface area contributed by atoms with Gasteiger partial charge in [0.25, 0.3) is 5.69 Å². The molecule has 0 amide bonds. The molecule has 0 N–H and O–H groups in total. The summed E-state index contributed by atoms with van der Waals surface area (Å²) in [4.78, 5) is 22.9. The maximum atomic E-state index is 13.6. The zero-order valence-corrected chi connectivity index (χ0v) is 14.4. The maximum Gasteiger partial charge on any atom is 0.319 e. The van der Waals surface area contributed by atoms with E-state index in [0.717, 1.165) is 0 Å². The van der Waals surface area contributed by atoms with Gasteiger partial charge in [0.15, 0.2) is 11.6 Å². The van der Waals surface area contributed by atoms with Crippen LogP contribution < -0.4 is 4.74 Å². The third-order valence-corrected chi connectivity index (χ3v) is 4.38. The van der Waals surface area contributed by atoms with Gasteiger partial charge in [-0.1, -0.05) is 6.07 Å². The van der Waals surface area contributed by atoms with Crippen LogP contribution in [0.4, 0.5) is 10.1 Å². The molecule has 0 aliphatic rings. The smallest absolute Gasteiger partial charge is 0.319 e. The van der Waals surface area contributed by atoms with E-state index >= 15 is 0 Å². The zero-order valence-electron chi connectivity index (χ0n) is 13.6. The van der Waals surface area contributed by atoms with Crippen LogP contribution in [0, 0.1) is 15.9 Å². The summed E-state index contributed by atoms with van der Waals surface area (Å²) < 4.78 is 23.6. The van der Waals surface area contributed by atoms with Gasteiger partial charge in [-0.2, -0.15) is 0 Å². The van der Waals surface area contributed by atoms with Gasteiger partial charge in [-0.25, -0.2) is 4.39 Å². The van der Waals surface area contributed by atoms with Crippen molar-refractivity contribution < 1.29 is 23.6 Å². The summed E-state index contributed by atoms with van der Waals surface area (Å²) in [5.41, 5.74) is 0.500. The normalized spacial score (nSPS) is 11.6. The number of thioether (sulfide) groups is 1. The first-order chi connectivity index (χ1) is 11.9. The summed E-state index contributed by atoms with van der Waals surface area (Å²) in [7, 11) is 1.37. The minimum atomic E-state index is -0.524. The number of nitro benzene ring substituents is 1. The number of halogens is 1. The average molecular weight is 365 g/mol. The first kappa shape index (κ1) is 18.7. The largest absolute Gasteiger partial charge is 0.494 e. The van der Waals surface area contributed by atoms with Crippen molar-refractivity contribution in [3.63, 3.8) is 0 Å². The van der Waals surface area contributed by atoms with Gasteiger partial charge in [0.2, 0.25) is 0 Å². The van der Waals surface area contributed by atoms with Crippen molar-refractivity contribution in [2.24, 2.45) is 0 Å². The highest BCUT2D eigenvalue weighted by Gasteiger charge is 2.17. The molecule has 0 saturated carbocycles. The molecule has 2 rings (SSSR count). The molecule has 1 atom stereocenters. The van der Waals surface area contributed by atoms with Crippen LogP contribution in [0.5, 0.6) is 5.75 Å². The highest BCUT2D eigenvalue weighted by Crippen LogP contribution is 2.26. The van der Waals surface area contributed by atoms with Gasteiger partial charge in [0.1, 0.15) is 11.9 Å². The molecule has 8 heteroatoms. The number of nitro groups is 1. The second-order valence-electron chi connectivity index (χ2n) is 5.09. The molecule has 0 fully saturated rings. The number of hydrogen-bond donors (Lipinski definition) is 0. The third-order valence-electron chi connectivity index (χ3n) is 3.29. The first-order valence-corrected chi connectivity index (χ1v) is 8.19. The predicted molar refractivity (Wildman–Crippen MR) is 91.2 cm³/mol. The lowest BCUT2D eigenvalue weighted by Gasteiger charge is -2.12. The number of nitrogens with zero attached hydrogens (tertiary/aromatic N) is 1. The Kier molecular flexibility index (Phi) is 6.35. The molecule has 0 heterocycles. The van der Waals surface area contributed by atoms with E-state index in [1.807, 2.05) is 0 Å². The zero-order chi connectivity index (χ0) is 18.4. The van der Waals surface area contributed by atoms with Crippen LogP contribution in [0.2, 0.25) is 0 Å². The number of ether oxygens (including phenoxy) is 2. The van der Waals surface area contributed by atoms with E-state index in [9.17, 15) is 19.3 Å². The SMILES string of the molecule is COc1ccc(COC(=O)[C@H](C)Sc2ccc([N+](=O)[O-])cc2)cc1F. The number of carbonyl (C=O) groups excluding carboxylic acids is 1. The van der Waals surface area contributed by atoms with Crippen molar-refractivity contribution in [1.29, 1.82) is 0 Å². The summed E-state index contributed by atoms with van der Waals surface area (Å²) >= 11 is 1.23. The van der Waals surface area contributed by atoms with Gasteiger partial charge in [-0.3, -0.25) is 14.9 Å². The van der Waals surface area contributed by atoms with Gasteiger partial charge < -0.3 is 9.47 Å². The molecular weight excluding hydrogens is 349 g/mol.